The summed E-state index contributed by atoms with van der Waals surface area (Å²) in [6, 6.07) is 9.34. The molecule has 2 nitrogen and oxygen atoms in total. The normalized spacial score (nSPS) is 12.3. The first-order chi connectivity index (χ1) is 9.04. The Hall–Kier alpha value is -1.10. The van der Waals surface area contributed by atoms with Crippen LogP contribution in [-0.2, 0) is 0 Å². The molecule has 0 amide bonds. The van der Waals surface area contributed by atoms with Gasteiger partial charge in [0.25, 0.3) is 0 Å². The number of benzene rings is 2. The highest BCUT2D eigenvalue weighted by Crippen LogP contribution is 2.34. The summed E-state index contributed by atoms with van der Waals surface area (Å²) in [6.45, 7) is 0. The fourth-order valence-corrected chi connectivity index (χ4v) is 2.62. The predicted octanol–water partition coefficient (Wildman–Crippen LogP) is 4.33. The second kappa shape index (κ2) is 5.90. The number of ether oxygens (including phenoxy) is 1. The molecule has 19 heavy (non-hydrogen) atoms. The molecule has 5 heteroatoms. The third-order valence-electron chi connectivity index (χ3n) is 2.76. The molecular weight excluding hydrogens is 335 g/mol. The van der Waals surface area contributed by atoms with Gasteiger partial charge in [-0.2, -0.15) is 0 Å². The largest absolute Gasteiger partial charge is 0.496 e. The van der Waals surface area contributed by atoms with E-state index in [0.717, 1.165) is 0 Å². The number of hydrogen-bond donors (Lipinski definition) is 1. The lowest BCUT2D eigenvalue weighted by Gasteiger charge is -2.15. The fraction of sp³-hybridized carbons (Fsp3) is 0.143. The van der Waals surface area contributed by atoms with E-state index in [9.17, 15) is 9.50 Å². The number of hydrogen-bond acceptors (Lipinski definition) is 2. The Morgan fingerprint density at radius 3 is 2.63 bits per heavy atom. The summed E-state index contributed by atoms with van der Waals surface area (Å²) in [7, 11) is 1.55. The van der Waals surface area contributed by atoms with E-state index < -0.39 is 11.9 Å². The number of halogens is 3. The fourth-order valence-electron chi connectivity index (χ4n) is 1.79. The maximum Gasteiger partial charge on any atom is 0.133 e. The van der Waals surface area contributed by atoms with Gasteiger partial charge < -0.3 is 9.84 Å². The molecule has 1 atom stereocenters. The summed E-state index contributed by atoms with van der Waals surface area (Å²) in [4.78, 5) is 0. The average Bonchev–Trinajstić information content (AvgIpc) is 2.38. The van der Waals surface area contributed by atoms with Gasteiger partial charge in [-0.05, 0) is 45.8 Å². The van der Waals surface area contributed by atoms with Crippen molar-refractivity contribution in [2.45, 2.75) is 6.10 Å². The Balaban J connectivity index is 2.44. The van der Waals surface area contributed by atoms with Crippen LogP contribution in [0, 0.1) is 5.82 Å². The summed E-state index contributed by atoms with van der Waals surface area (Å²) in [6.07, 6.45) is -1.13. The first-order valence-corrected chi connectivity index (χ1v) is 6.67. The van der Waals surface area contributed by atoms with E-state index in [1.54, 1.807) is 31.4 Å². The van der Waals surface area contributed by atoms with Gasteiger partial charge >= 0.3 is 0 Å². The molecule has 0 radical (unpaired) electrons. The van der Waals surface area contributed by atoms with Crippen LogP contribution in [-0.4, -0.2) is 12.2 Å². The van der Waals surface area contributed by atoms with Crippen molar-refractivity contribution < 1.29 is 14.2 Å². The molecule has 1 N–H and O–H groups in total. The maximum absolute atomic E-state index is 13.8. The van der Waals surface area contributed by atoms with Gasteiger partial charge in [0.15, 0.2) is 0 Å². The second-order valence-electron chi connectivity index (χ2n) is 3.93. The van der Waals surface area contributed by atoms with Crippen molar-refractivity contribution >= 4 is 27.5 Å². The van der Waals surface area contributed by atoms with Gasteiger partial charge in [-0.25, -0.2) is 4.39 Å². The lowest BCUT2D eigenvalue weighted by molar-refractivity contribution is 0.215. The van der Waals surface area contributed by atoms with Crippen LogP contribution in [0.2, 0.25) is 5.02 Å². The SMILES string of the molecule is COc1ccc(C(O)c2c(F)cccc2Cl)cc1Br. The van der Waals surface area contributed by atoms with E-state index in [0.29, 0.717) is 15.8 Å². The van der Waals surface area contributed by atoms with Crippen molar-refractivity contribution in [2.75, 3.05) is 7.11 Å². The molecule has 0 fully saturated rings. The number of aliphatic hydroxyl groups is 1. The van der Waals surface area contributed by atoms with Crippen LogP contribution in [0.4, 0.5) is 4.39 Å². The zero-order valence-electron chi connectivity index (χ0n) is 10.0. The van der Waals surface area contributed by atoms with Crippen LogP contribution >= 0.6 is 27.5 Å². The van der Waals surface area contributed by atoms with Gasteiger partial charge in [-0.1, -0.05) is 23.7 Å². The molecule has 2 aromatic rings. The minimum absolute atomic E-state index is 0.0706. The van der Waals surface area contributed by atoms with Crippen molar-refractivity contribution in [3.8, 4) is 5.75 Å². The quantitative estimate of drug-likeness (QED) is 0.897. The summed E-state index contributed by atoms with van der Waals surface area (Å²) >= 11 is 9.26. The van der Waals surface area contributed by atoms with E-state index in [-0.39, 0.29) is 10.6 Å². The third kappa shape index (κ3) is 2.91. The Morgan fingerprint density at radius 1 is 1.32 bits per heavy atom. The Kier molecular flexibility index (Phi) is 4.45. The van der Waals surface area contributed by atoms with Crippen LogP contribution in [0.1, 0.15) is 17.2 Å². The first-order valence-electron chi connectivity index (χ1n) is 5.50. The van der Waals surface area contributed by atoms with E-state index in [1.807, 2.05) is 0 Å². The van der Waals surface area contributed by atoms with Gasteiger partial charge in [0.05, 0.1) is 11.6 Å². The van der Waals surface area contributed by atoms with Crippen LogP contribution in [0.3, 0.4) is 0 Å². The van der Waals surface area contributed by atoms with Crippen LogP contribution in [0.25, 0.3) is 0 Å². The van der Waals surface area contributed by atoms with Gasteiger partial charge in [0.1, 0.15) is 17.7 Å². The van der Waals surface area contributed by atoms with E-state index >= 15 is 0 Å². The van der Waals surface area contributed by atoms with Crippen LogP contribution in [0.15, 0.2) is 40.9 Å². The lowest BCUT2D eigenvalue weighted by Crippen LogP contribution is -2.04. The van der Waals surface area contributed by atoms with Gasteiger partial charge in [-0.3, -0.25) is 0 Å². The molecule has 100 valence electrons. The molecular formula is C14H11BrClFO2. The monoisotopic (exact) mass is 344 g/mol. The van der Waals surface area contributed by atoms with Crippen molar-refractivity contribution in [2.24, 2.45) is 0 Å². The standard InChI is InChI=1S/C14H11BrClFO2/c1-19-12-6-5-8(7-9(12)15)14(18)13-10(16)3-2-4-11(13)17/h2-7,14,18H,1H3. The molecule has 2 aromatic carbocycles. The molecule has 0 bridgehead atoms. The molecule has 2 rings (SSSR count). The third-order valence-corrected chi connectivity index (χ3v) is 3.71. The van der Waals surface area contributed by atoms with Crippen molar-refractivity contribution in [3.05, 3.63) is 62.8 Å². The summed E-state index contributed by atoms with van der Waals surface area (Å²) in [5, 5.41) is 10.4. The summed E-state index contributed by atoms with van der Waals surface area (Å²) < 4.78 is 19.5. The van der Waals surface area contributed by atoms with Crippen LogP contribution in [0.5, 0.6) is 5.75 Å². The minimum Gasteiger partial charge on any atom is -0.496 e. The zero-order valence-corrected chi connectivity index (χ0v) is 12.4. The van der Waals surface area contributed by atoms with E-state index in [4.69, 9.17) is 16.3 Å². The molecule has 0 aromatic heterocycles. The molecule has 1 unspecified atom stereocenters. The highest BCUT2D eigenvalue weighted by atomic mass is 79.9. The average molecular weight is 346 g/mol. The summed E-state index contributed by atoms with van der Waals surface area (Å²) in [5.74, 6) is 0.0996. The molecule has 0 saturated heterocycles. The number of aliphatic hydroxyl groups excluding tert-OH is 1. The molecule has 0 saturated carbocycles. The van der Waals surface area contributed by atoms with Gasteiger partial charge in [-0.15, -0.1) is 0 Å². The second-order valence-corrected chi connectivity index (χ2v) is 5.19. The zero-order chi connectivity index (χ0) is 14.0. The summed E-state index contributed by atoms with van der Waals surface area (Å²) in [5.41, 5.74) is 0.598. The molecule has 0 aliphatic rings. The maximum atomic E-state index is 13.8. The van der Waals surface area contributed by atoms with E-state index in [1.165, 1.54) is 12.1 Å². The Morgan fingerprint density at radius 2 is 2.05 bits per heavy atom. The topological polar surface area (TPSA) is 29.5 Å². The van der Waals surface area contributed by atoms with Crippen molar-refractivity contribution in [1.82, 2.24) is 0 Å². The number of rotatable bonds is 3. The first kappa shape index (κ1) is 14.3. The highest BCUT2D eigenvalue weighted by Gasteiger charge is 2.19. The molecule has 0 aliphatic carbocycles. The predicted molar refractivity (Wildman–Crippen MR) is 76.2 cm³/mol. The van der Waals surface area contributed by atoms with Gasteiger partial charge in [0, 0.05) is 10.6 Å². The Bertz CT molecular complexity index is 584. The van der Waals surface area contributed by atoms with Crippen molar-refractivity contribution in [3.63, 3.8) is 0 Å². The van der Waals surface area contributed by atoms with Crippen LogP contribution < -0.4 is 4.74 Å². The lowest BCUT2D eigenvalue weighted by atomic mass is 10.0. The highest BCUT2D eigenvalue weighted by molar-refractivity contribution is 9.10. The number of methoxy groups -OCH3 is 1. The smallest absolute Gasteiger partial charge is 0.133 e. The minimum atomic E-state index is -1.13. The molecule has 0 spiro atoms. The van der Waals surface area contributed by atoms with Gasteiger partial charge in [0.2, 0.25) is 0 Å². The molecule has 0 heterocycles. The Labute approximate surface area is 123 Å². The molecule has 0 aliphatic heterocycles. The van der Waals surface area contributed by atoms with Crippen molar-refractivity contribution in [1.29, 1.82) is 0 Å². The van der Waals surface area contributed by atoms with E-state index in [2.05, 4.69) is 15.9 Å².